The molecule has 0 aliphatic carbocycles. The molecule has 0 aromatic heterocycles. The molecule has 0 amide bonds. The van der Waals surface area contributed by atoms with E-state index >= 15 is 0 Å². The van der Waals surface area contributed by atoms with Crippen LogP contribution in [0.5, 0.6) is 28.7 Å². The molecule has 0 saturated carbocycles. The van der Waals surface area contributed by atoms with E-state index in [0.29, 0.717) is 84.2 Å². The molecule has 9 nitrogen and oxygen atoms in total. The van der Waals surface area contributed by atoms with Gasteiger partial charge >= 0.3 is 0 Å². The molecule has 9 heteroatoms. The van der Waals surface area contributed by atoms with E-state index in [-0.39, 0.29) is 0 Å². The molecule has 0 N–H and O–H groups in total. The fraction of sp³-hybridized carbons (Fsp3) is 0.677. The van der Waals surface area contributed by atoms with Gasteiger partial charge in [-0.15, -0.1) is 0 Å². The fourth-order valence-electron chi connectivity index (χ4n) is 9.20. The molecule has 0 unspecified atom stereocenters. The Labute approximate surface area is 451 Å². The normalized spacial score (nSPS) is 13.8. The Morgan fingerprint density at radius 3 is 1.27 bits per heavy atom. The number of ether oxygens (including phenoxy) is 8. The SMILES string of the molecule is CCCCCCCCCCCCOc1ccc(/C=C/c2ccc(N=Cc3ccc4c(c3)OCCOCCOCCOCCO4)cc2)c(OCCCCCCCCCCCC)c1OCCCCCCCCCCCC. The zero-order chi connectivity index (χ0) is 52.0. The Hall–Kier alpha value is -4.05. The van der Waals surface area contributed by atoms with Gasteiger partial charge in [-0.3, -0.25) is 4.99 Å². The Morgan fingerprint density at radius 2 is 0.784 bits per heavy atom. The van der Waals surface area contributed by atoms with Crippen molar-refractivity contribution in [2.75, 3.05) is 72.7 Å². The fourth-order valence-corrected chi connectivity index (χ4v) is 9.20. The second-order valence-electron chi connectivity index (χ2n) is 20.3. The monoisotopic (exact) mass is 1030 g/mol. The van der Waals surface area contributed by atoms with Gasteiger partial charge in [-0.25, -0.2) is 0 Å². The van der Waals surface area contributed by atoms with E-state index < -0.39 is 0 Å². The highest BCUT2D eigenvalue weighted by Crippen LogP contribution is 2.42. The summed E-state index contributed by atoms with van der Waals surface area (Å²) >= 11 is 0. The van der Waals surface area contributed by atoms with Crippen LogP contribution < -0.4 is 23.7 Å². The Bertz CT molecular complexity index is 1850. The summed E-state index contributed by atoms with van der Waals surface area (Å²) in [5, 5.41) is 0. The maximum atomic E-state index is 6.80. The second kappa shape index (κ2) is 44.1. The Kier molecular flexibility index (Phi) is 37.3. The Balaban J connectivity index is 1.44. The minimum atomic E-state index is 0.403. The van der Waals surface area contributed by atoms with Crippen molar-refractivity contribution < 1.29 is 37.9 Å². The van der Waals surface area contributed by atoms with Crippen molar-refractivity contribution in [1.82, 2.24) is 0 Å². The van der Waals surface area contributed by atoms with Gasteiger partial charge in [0, 0.05) is 11.8 Å². The number of benzene rings is 3. The molecule has 0 fully saturated rings. The topological polar surface area (TPSA) is 86.2 Å². The van der Waals surface area contributed by atoms with Crippen LogP contribution in [0.15, 0.2) is 59.6 Å². The highest BCUT2D eigenvalue weighted by atomic mass is 16.6. The third kappa shape index (κ3) is 29.9. The highest BCUT2D eigenvalue weighted by molar-refractivity contribution is 5.83. The molecular formula is C65H103NO8. The predicted octanol–water partition coefficient (Wildman–Crippen LogP) is 18.3. The van der Waals surface area contributed by atoms with Crippen molar-refractivity contribution in [1.29, 1.82) is 0 Å². The molecule has 1 aliphatic rings. The van der Waals surface area contributed by atoms with E-state index in [9.17, 15) is 0 Å². The summed E-state index contributed by atoms with van der Waals surface area (Å²) in [5.74, 6) is 3.67. The first-order valence-electron chi connectivity index (χ1n) is 30.2. The van der Waals surface area contributed by atoms with Gasteiger partial charge in [0.15, 0.2) is 23.0 Å². The maximum Gasteiger partial charge on any atom is 0.204 e. The molecule has 3 aromatic rings. The van der Waals surface area contributed by atoms with Crippen LogP contribution in [0.4, 0.5) is 5.69 Å². The zero-order valence-electron chi connectivity index (χ0n) is 47.1. The van der Waals surface area contributed by atoms with Gasteiger partial charge in [0.05, 0.1) is 65.1 Å². The number of fused-ring (bicyclic) bond motifs is 1. The molecular weight excluding hydrogens is 923 g/mol. The molecule has 416 valence electrons. The summed E-state index contributed by atoms with van der Waals surface area (Å²) in [5.41, 5.74) is 3.84. The van der Waals surface area contributed by atoms with Crippen LogP contribution in [0.3, 0.4) is 0 Å². The van der Waals surface area contributed by atoms with Gasteiger partial charge in [0.2, 0.25) is 5.75 Å². The quantitative estimate of drug-likeness (QED) is 0.0316. The number of hydrogen-bond donors (Lipinski definition) is 0. The van der Waals surface area contributed by atoms with Crippen molar-refractivity contribution in [3.63, 3.8) is 0 Å². The molecule has 1 aliphatic heterocycles. The lowest BCUT2D eigenvalue weighted by Crippen LogP contribution is -2.13. The number of rotatable bonds is 40. The van der Waals surface area contributed by atoms with Crippen molar-refractivity contribution in [3.05, 3.63) is 71.3 Å². The zero-order valence-corrected chi connectivity index (χ0v) is 47.1. The summed E-state index contributed by atoms with van der Waals surface area (Å²) in [4.78, 5) is 4.81. The van der Waals surface area contributed by atoms with Gasteiger partial charge in [-0.2, -0.15) is 0 Å². The lowest BCUT2D eigenvalue weighted by atomic mass is 10.1. The molecule has 4 rings (SSSR count). The third-order valence-electron chi connectivity index (χ3n) is 13.7. The number of hydrogen-bond acceptors (Lipinski definition) is 9. The van der Waals surface area contributed by atoms with Gasteiger partial charge in [0.25, 0.3) is 0 Å². The standard InChI is InChI=1S/C65H103NO8/c1-4-7-10-13-16-19-22-25-28-31-44-70-62-43-39-59(64(73-45-32-29-26-23-20-17-14-11-8-5-2)65(62)74-46-33-30-27-24-21-18-15-12-9-6-3)38-34-57-35-40-60(41-36-57)66-56-58-37-42-61-63(55-58)72-54-52-69-50-48-67-47-49-68-51-53-71-61/h34-43,55-56H,4-33,44-54H2,1-3H3/b38-34+,66-56?. The number of unbranched alkanes of at least 4 members (excludes halogenated alkanes) is 27. The van der Waals surface area contributed by atoms with Gasteiger partial charge in [0.1, 0.15) is 13.2 Å². The molecule has 3 aromatic carbocycles. The largest absolute Gasteiger partial charge is 0.490 e. The first-order valence-corrected chi connectivity index (χ1v) is 30.2. The lowest BCUT2D eigenvalue weighted by Gasteiger charge is -2.19. The summed E-state index contributed by atoms with van der Waals surface area (Å²) in [6.45, 7) is 12.7. The minimum absolute atomic E-state index is 0.403. The molecule has 74 heavy (non-hydrogen) atoms. The molecule has 0 bridgehead atoms. The highest BCUT2D eigenvalue weighted by Gasteiger charge is 2.18. The smallest absolute Gasteiger partial charge is 0.204 e. The molecule has 0 radical (unpaired) electrons. The third-order valence-corrected chi connectivity index (χ3v) is 13.7. The van der Waals surface area contributed by atoms with Crippen LogP contribution >= 0.6 is 0 Å². The van der Waals surface area contributed by atoms with Gasteiger partial charge in [-0.05, 0) is 72.9 Å². The van der Waals surface area contributed by atoms with E-state index in [1.54, 1.807) is 0 Å². The van der Waals surface area contributed by atoms with Crippen molar-refractivity contribution in [2.24, 2.45) is 4.99 Å². The van der Waals surface area contributed by atoms with Crippen LogP contribution in [0.2, 0.25) is 0 Å². The summed E-state index contributed by atoms with van der Waals surface area (Å²) in [6, 6.07) is 18.4. The minimum Gasteiger partial charge on any atom is -0.490 e. The number of aliphatic imine (C=N–C) groups is 1. The van der Waals surface area contributed by atoms with Crippen LogP contribution in [-0.4, -0.2) is 78.9 Å². The summed E-state index contributed by atoms with van der Waals surface area (Å²) in [6.07, 6.45) is 45.0. The van der Waals surface area contributed by atoms with Gasteiger partial charge < -0.3 is 37.9 Å². The Morgan fingerprint density at radius 1 is 0.378 bits per heavy atom. The number of nitrogens with zero attached hydrogens (tertiary/aromatic N) is 1. The van der Waals surface area contributed by atoms with E-state index in [4.69, 9.17) is 42.9 Å². The summed E-state index contributed by atoms with van der Waals surface area (Å²) in [7, 11) is 0. The van der Waals surface area contributed by atoms with Crippen molar-refractivity contribution >= 4 is 24.1 Å². The molecule has 0 saturated heterocycles. The van der Waals surface area contributed by atoms with Crippen LogP contribution in [-0.2, 0) is 14.2 Å². The van der Waals surface area contributed by atoms with Crippen molar-refractivity contribution in [3.8, 4) is 28.7 Å². The first-order chi connectivity index (χ1) is 36.7. The molecule has 0 spiro atoms. The van der Waals surface area contributed by atoms with Crippen LogP contribution in [0, 0.1) is 0 Å². The van der Waals surface area contributed by atoms with E-state index in [1.165, 1.54) is 173 Å². The summed E-state index contributed by atoms with van der Waals surface area (Å²) < 4.78 is 49.1. The average molecular weight is 1030 g/mol. The van der Waals surface area contributed by atoms with Crippen molar-refractivity contribution in [2.45, 2.75) is 213 Å². The maximum absolute atomic E-state index is 6.80. The first kappa shape index (κ1) is 62.5. The second-order valence-corrected chi connectivity index (χ2v) is 20.3. The van der Waals surface area contributed by atoms with E-state index in [2.05, 4.69) is 57.2 Å². The van der Waals surface area contributed by atoms with E-state index in [0.717, 1.165) is 58.9 Å². The van der Waals surface area contributed by atoms with Crippen LogP contribution in [0.25, 0.3) is 12.2 Å². The van der Waals surface area contributed by atoms with Crippen LogP contribution in [0.1, 0.15) is 230 Å². The molecule has 0 atom stereocenters. The average Bonchev–Trinajstić information content (AvgIpc) is 3.43. The predicted molar refractivity (Wildman–Crippen MR) is 311 cm³/mol. The van der Waals surface area contributed by atoms with E-state index in [1.807, 2.05) is 36.5 Å². The van der Waals surface area contributed by atoms with Gasteiger partial charge in [-0.1, -0.05) is 218 Å². The lowest BCUT2D eigenvalue weighted by molar-refractivity contribution is 0.00708. The molecule has 1 heterocycles.